The van der Waals surface area contributed by atoms with Gasteiger partial charge in [-0.2, -0.15) is 0 Å². The predicted molar refractivity (Wildman–Crippen MR) is 108 cm³/mol. The summed E-state index contributed by atoms with van der Waals surface area (Å²) < 4.78 is 6.28. The molecule has 0 spiro atoms. The van der Waals surface area contributed by atoms with Crippen molar-refractivity contribution in [1.29, 1.82) is 0 Å². The number of fused-ring (bicyclic) bond motifs is 1. The molecule has 0 unspecified atom stereocenters. The van der Waals surface area contributed by atoms with Gasteiger partial charge in [-0.05, 0) is 37.1 Å². The van der Waals surface area contributed by atoms with Crippen LogP contribution in [0, 0.1) is 0 Å². The lowest BCUT2D eigenvalue weighted by molar-refractivity contribution is -0.135. The van der Waals surface area contributed by atoms with E-state index < -0.39 is 5.97 Å². The van der Waals surface area contributed by atoms with Crippen LogP contribution >= 0.6 is 22.9 Å². The summed E-state index contributed by atoms with van der Waals surface area (Å²) >= 11 is 7.53. The summed E-state index contributed by atoms with van der Waals surface area (Å²) in [7, 11) is 0. The smallest absolute Gasteiger partial charge is 0.357 e. The molecule has 1 aliphatic rings. The number of halogens is 1. The van der Waals surface area contributed by atoms with Gasteiger partial charge in [0, 0.05) is 30.2 Å². The zero-order valence-corrected chi connectivity index (χ0v) is 16.6. The summed E-state index contributed by atoms with van der Waals surface area (Å²) in [6.07, 6.45) is 3.32. The molecule has 6 nitrogen and oxygen atoms in total. The lowest BCUT2D eigenvalue weighted by Crippen LogP contribution is -2.41. The van der Waals surface area contributed by atoms with E-state index in [2.05, 4.69) is 11.1 Å². The van der Waals surface area contributed by atoms with E-state index in [1.54, 1.807) is 22.3 Å². The van der Waals surface area contributed by atoms with Crippen LogP contribution in [0.5, 0.6) is 0 Å². The molecule has 1 saturated heterocycles. The summed E-state index contributed by atoms with van der Waals surface area (Å²) in [5.74, 6) is -0.655. The first-order chi connectivity index (χ1) is 13.6. The van der Waals surface area contributed by atoms with Gasteiger partial charge in [0.05, 0.1) is 15.2 Å². The van der Waals surface area contributed by atoms with Gasteiger partial charge in [0.15, 0.2) is 6.61 Å². The Labute approximate surface area is 171 Å². The zero-order valence-electron chi connectivity index (χ0n) is 15.0. The Hall–Kier alpha value is -2.51. The Kier molecular flexibility index (Phi) is 5.54. The number of carbonyl (C=O) groups is 2. The largest absolute Gasteiger partial charge is 0.451 e. The average Bonchev–Trinajstić information content (AvgIpc) is 3.16. The van der Waals surface area contributed by atoms with Crippen molar-refractivity contribution < 1.29 is 14.3 Å². The van der Waals surface area contributed by atoms with Crippen molar-refractivity contribution in [3.8, 4) is 0 Å². The number of amides is 1. The minimum absolute atomic E-state index is 0.0892. The molecule has 0 N–H and O–H groups in total. The third-order valence-electron chi connectivity index (χ3n) is 4.69. The average molecular weight is 416 g/mol. The second kappa shape index (κ2) is 8.24. The van der Waals surface area contributed by atoms with Crippen LogP contribution in [0.25, 0.3) is 10.2 Å². The van der Waals surface area contributed by atoms with Crippen LogP contribution in [-0.4, -0.2) is 46.4 Å². The normalized spacial score (nSPS) is 16.9. The molecule has 1 aliphatic heterocycles. The Balaban J connectivity index is 1.37. The van der Waals surface area contributed by atoms with E-state index in [9.17, 15) is 9.59 Å². The van der Waals surface area contributed by atoms with Crippen LogP contribution in [0.1, 0.15) is 34.3 Å². The highest BCUT2D eigenvalue weighted by Gasteiger charge is 2.27. The summed E-state index contributed by atoms with van der Waals surface area (Å²) in [6.45, 7) is 0.943. The van der Waals surface area contributed by atoms with E-state index in [1.165, 1.54) is 12.3 Å². The molecule has 3 aromatic rings. The molecule has 0 bridgehead atoms. The molecule has 4 rings (SSSR count). The van der Waals surface area contributed by atoms with Crippen LogP contribution in [0.15, 0.2) is 42.6 Å². The fourth-order valence-corrected chi connectivity index (χ4v) is 4.53. The lowest BCUT2D eigenvalue weighted by atomic mass is 9.99. The maximum absolute atomic E-state index is 12.5. The third kappa shape index (κ3) is 4.15. The van der Waals surface area contributed by atoms with Gasteiger partial charge in [-0.25, -0.2) is 14.8 Å². The minimum Gasteiger partial charge on any atom is -0.451 e. The summed E-state index contributed by atoms with van der Waals surface area (Å²) in [5.41, 5.74) is 1.08. The number of ether oxygens (including phenoxy) is 1. The van der Waals surface area contributed by atoms with Crippen molar-refractivity contribution in [2.24, 2.45) is 0 Å². The number of hydrogen-bond donors (Lipinski definition) is 0. The number of piperidine rings is 1. The zero-order chi connectivity index (χ0) is 19.5. The molecule has 3 heterocycles. The Bertz CT molecular complexity index is 990. The Morgan fingerprint density at radius 1 is 1.29 bits per heavy atom. The van der Waals surface area contributed by atoms with Gasteiger partial charge in [0.2, 0.25) is 0 Å². The van der Waals surface area contributed by atoms with Crippen molar-refractivity contribution in [3.63, 3.8) is 0 Å². The minimum atomic E-state index is -0.657. The first-order valence-corrected chi connectivity index (χ1v) is 10.2. The van der Waals surface area contributed by atoms with Gasteiger partial charge in [-0.15, -0.1) is 11.3 Å². The molecule has 0 aliphatic carbocycles. The second-order valence-corrected chi connectivity index (χ2v) is 8.13. The molecule has 8 heteroatoms. The number of aromatic nitrogens is 2. The van der Waals surface area contributed by atoms with E-state index in [-0.39, 0.29) is 24.1 Å². The maximum atomic E-state index is 12.5. The maximum Gasteiger partial charge on any atom is 0.357 e. The number of esters is 1. The lowest BCUT2D eigenvalue weighted by Gasteiger charge is -2.31. The first-order valence-electron chi connectivity index (χ1n) is 9.02. The predicted octanol–water partition coefficient (Wildman–Crippen LogP) is 3.91. The number of nitrogens with zero attached hydrogens (tertiary/aromatic N) is 3. The fraction of sp³-hybridized carbons (Fsp3) is 0.300. The van der Waals surface area contributed by atoms with Crippen LogP contribution in [-0.2, 0) is 9.53 Å². The van der Waals surface area contributed by atoms with Crippen LogP contribution in [0.2, 0.25) is 5.02 Å². The first kappa shape index (κ1) is 18.8. The number of rotatable bonds is 4. The van der Waals surface area contributed by atoms with Crippen molar-refractivity contribution in [2.45, 2.75) is 18.8 Å². The molecule has 1 atom stereocenters. The number of likely N-dealkylation sites (tertiary alicyclic amines) is 1. The number of pyridine rings is 1. The molecule has 1 aromatic carbocycles. The number of benzene rings is 1. The van der Waals surface area contributed by atoms with Gasteiger partial charge in [-0.3, -0.25) is 4.79 Å². The van der Waals surface area contributed by atoms with Crippen LogP contribution < -0.4 is 0 Å². The van der Waals surface area contributed by atoms with E-state index in [0.717, 1.165) is 28.1 Å². The molecule has 0 saturated carbocycles. The highest BCUT2D eigenvalue weighted by atomic mass is 35.5. The van der Waals surface area contributed by atoms with Crippen LogP contribution in [0.4, 0.5) is 0 Å². The summed E-state index contributed by atoms with van der Waals surface area (Å²) in [5, 5.41) is 1.45. The highest BCUT2D eigenvalue weighted by Crippen LogP contribution is 2.32. The van der Waals surface area contributed by atoms with Gasteiger partial charge >= 0.3 is 5.97 Å². The third-order valence-corrected chi connectivity index (χ3v) is 6.13. The van der Waals surface area contributed by atoms with Gasteiger partial charge in [0.25, 0.3) is 5.91 Å². The van der Waals surface area contributed by atoms with E-state index in [1.807, 2.05) is 18.2 Å². The fourth-order valence-electron chi connectivity index (χ4n) is 3.28. The molecule has 2 aromatic heterocycles. The Morgan fingerprint density at radius 2 is 2.14 bits per heavy atom. The number of thiazole rings is 1. The molecular weight excluding hydrogens is 398 g/mol. The number of para-hydroxylation sites is 1. The standard InChI is InChI=1S/C20H18ClN3O3S/c21-14-7-8-22-16(10-14)20(26)27-12-18(25)24-9-3-4-13(11-24)19-23-15-5-1-2-6-17(15)28-19/h1-2,5-8,10,13H,3-4,9,11-12H2/t13-/m0/s1. The number of hydrogen-bond acceptors (Lipinski definition) is 6. The molecule has 1 amide bonds. The molecule has 28 heavy (non-hydrogen) atoms. The van der Waals surface area contributed by atoms with Crippen molar-refractivity contribution in [2.75, 3.05) is 19.7 Å². The molecular formula is C20H18ClN3O3S. The van der Waals surface area contributed by atoms with Gasteiger partial charge in [0.1, 0.15) is 5.69 Å². The summed E-state index contributed by atoms with van der Waals surface area (Å²) in [4.78, 5) is 35.0. The SMILES string of the molecule is O=C(OCC(=O)N1CCC[C@H](c2nc3ccccc3s2)C1)c1cc(Cl)ccn1. The van der Waals surface area contributed by atoms with Crippen molar-refractivity contribution in [1.82, 2.24) is 14.9 Å². The van der Waals surface area contributed by atoms with Crippen molar-refractivity contribution in [3.05, 3.63) is 58.3 Å². The van der Waals surface area contributed by atoms with Crippen molar-refractivity contribution >= 4 is 45.0 Å². The summed E-state index contributed by atoms with van der Waals surface area (Å²) in [6, 6.07) is 11.0. The van der Waals surface area contributed by atoms with E-state index >= 15 is 0 Å². The molecule has 1 fully saturated rings. The van der Waals surface area contributed by atoms with Gasteiger partial charge < -0.3 is 9.64 Å². The number of carbonyl (C=O) groups excluding carboxylic acids is 2. The van der Waals surface area contributed by atoms with E-state index in [4.69, 9.17) is 21.3 Å². The second-order valence-electron chi connectivity index (χ2n) is 6.63. The molecule has 0 radical (unpaired) electrons. The molecule has 144 valence electrons. The van der Waals surface area contributed by atoms with Crippen LogP contribution in [0.3, 0.4) is 0 Å². The highest BCUT2D eigenvalue weighted by molar-refractivity contribution is 7.18. The van der Waals surface area contributed by atoms with E-state index in [0.29, 0.717) is 18.1 Å². The monoisotopic (exact) mass is 415 g/mol. The topological polar surface area (TPSA) is 72.4 Å². The Morgan fingerprint density at radius 3 is 2.96 bits per heavy atom. The van der Waals surface area contributed by atoms with Gasteiger partial charge in [-0.1, -0.05) is 23.7 Å². The quantitative estimate of drug-likeness (QED) is 0.604.